The molecule has 0 radical (unpaired) electrons. The Morgan fingerprint density at radius 3 is 2.45 bits per heavy atom. The Balaban J connectivity index is 3.27. The van der Waals surface area contributed by atoms with Crippen molar-refractivity contribution in [3.63, 3.8) is 0 Å². The molecule has 1 rings (SSSR count). The van der Waals surface area contributed by atoms with Crippen molar-refractivity contribution in [2.75, 3.05) is 7.11 Å². The molecule has 0 aliphatic carbocycles. The van der Waals surface area contributed by atoms with E-state index < -0.39 is 45.4 Å². The molecule has 12 heteroatoms. The molecule has 0 bridgehead atoms. The van der Waals surface area contributed by atoms with Gasteiger partial charge in [-0.1, -0.05) is 23.4 Å². The van der Waals surface area contributed by atoms with Crippen molar-refractivity contribution in [2.24, 2.45) is 0 Å². The highest BCUT2D eigenvalue weighted by atomic mass is 32.2. The summed E-state index contributed by atoms with van der Waals surface area (Å²) in [4.78, 5) is -1.24. The van der Waals surface area contributed by atoms with Gasteiger partial charge in [-0.2, -0.15) is 21.6 Å². The van der Waals surface area contributed by atoms with Gasteiger partial charge in [0.1, 0.15) is 4.90 Å². The van der Waals surface area contributed by atoms with E-state index >= 15 is 0 Å². The maximum Gasteiger partial charge on any atom is 0.446 e. The zero-order valence-corrected chi connectivity index (χ0v) is 14.0. The van der Waals surface area contributed by atoms with Crippen LogP contribution >= 0.6 is 20.0 Å². The topological polar surface area (TPSA) is 78.9 Å². The largest absolute Gasteiger partial charge is 0.446 e. The molecule has 1 unspecified atom stereocenters. The second-order valence-corrected chi connectivity index (χ2v) is 7.34. The molecule has 0 saturated carbocycles. The Kier molecular flexibility index (Phi) is 6.90. The van der Waals surface area contributed by atoms with Crippen LogP contribution in [0.4, 0.5) is 13.2 Å². The molecular weight excluding hydrogens is 368 g/mol. The van der Waals surface area contributed by atoms with Crippen molar-refractivity contribution in [3.05, 3.63) is 23.8 Å². The lowest BCUT2D eigenvalue weighted by molar-refractivity contribution is -0.0964. The number of hydrogen-bond acceptors (Lipinski definition) is 7. The fourth-order valence-electron chi connectivity index (χ4n) is 1.47. The summed E-state index contributed by atoms with van der Waals surface area (Å²) in [6.07, 6.45) is 0.143. The van der Waals surface area contributed by atoms with Gasteiger partial charge < -0.3 is 4.52 Å². The summed E-state index contributed by atoms with van der Waals surface area (Å²) >= 11 is -0.592. The van der Waals surface area contributed by atoms with Crippen molar-refractivity contribution in [1.29, 1.82) is 0 Å². The zero-order chi connectivity index (χ0) is 17.0. The predicted molar refractivity (Wildman–Crippen MR) is 73.1 cm³/mol. The van der Waals surface area contributed by atoms with Crippen LogP contribution in [0.3, 0.4) is 0 Å². The third kappa shape index (κ3) is 5.56. The molecule has 0 spiro atoms. The van der Waals surface area contributed by atoms with E-state index in [1.54, 1.807) is 6.92 Å². The van der Waals surface area contributed by atoms with Crippen LogP contribution in [0.1, 0.15) is 12.5 Å². The molecule has 0 amide bonds. The Bertz CT molecular complexity index is 647. The zero-order valence-electron chi connectivity index (χ0n) is 11.3. The van der Waals surface area contributed by atoms with Crippen LogP contribution in [0, 0.1) is 0 Å². The standard InChI is InChI=1S/C10H12F3O6PS2/c1-3-7-5-4-6-8(21-10(11,12)13)9(7)22(15,16)19-18-20(14)17-2/h4-6,20H,3H2,1-2H3. The van der Waals surface area contributed by atoms with Crippen LogP contribution < -0.4 is 0 Å². The highest BCUT2D eigenvalue weighted by molar-refractivity contribution is 8.00. The van der Waals surface area contributed by atoms with E-state index in [9.17, 15) is 26.2 Å². The van der Waals surface area contributed by atoms with Crippen molar-refractivity contribution in [2.45, 2.75) is 28.6 Å². The molecule has 22 heavy (non-hydrogen) atoms. The molecule has 0 aromatic heterocycles. The first-order chi connectivity index (χ1) is 10.1. The Morgan fingerprint density at radius 2 is 1.95 bits per heavy atom. The van der Waals surface area contributed by atoms with Gasteiger partial charge in [-0.15, -0.1) is 4.67 Å². The summed E-state index contributed by atoms with van der Waals surface area (Å²) in [5.74, 6) is 0. The summed E-state index contributed by atoms with van der Waals surface area (Å²) in [5.41, 5.74) is -4.58. The number of thioether (sulfide) groups is 1. The molecule has 1 aromatic rings. The van der Waals surface area contributed by atoms with Gasteiger partial charge in [0.15, 0.2) is 0 Å². The van der Waals surface area contributed by atoms with Crippen molar-refractivity contribution in [1.82, 2.24) is 0 Å². The quantitative estimate of drug-likeness (QED) is 0.310. The van der Waals surface area contributed by atoms with Crippen LogP contribution in [0.25, 0.3) is 0 Å². The van der Waals surface area contributed by atoms with Gasteiger partial charge >= 0.3 is 23.9 Å². The van der Waals surface area contributed by atoms with E-state index in [0.717, 1.165) is 13.2 Å². The fourth-order valence-corrected chi connectivity index (χ4v) is 4.08. The molecule has 0 aliphatic rings. The minimum atomic E-state index is -4.71. The maximum atomic E-state index is 12.5. The molecule has 1 atom stereocenters. The number of rotatable bonds is 7. The summed E-state index contributed by atoms with van der Waals surface area (Å²) < 4.78 is 84.9. The molecule has 0 aliphatic heterocycles. The van der Waals surface area contributed by atoms with Crippen LogP contribution in [0.5, 0.6) is 0 Å². The predicted octanol–water partition coefficient (Wildman–Crippen LogP) is 3.53. The summed E-state index contributed by atoms with van der Waals surface area (Å²) in [7, 11) is -6.94. The average molecular weight is 380 g/mol. The second kappa shape index (κ2) is 7.80. The molecule has 126 valence electrons. The first-order valence-corrected chi connectivity index (χ1v) is 9.12. The minimum absolute atomic E-state index is 0.106. The summed E-state index contributed by atoms with van der Waals surface area (Å²) in [6.45, 7) is 1.56. The molecule has 0 N–H and O–H groups in total. The molecule has 0 fully saturated rings. The van der Waals surface area contributed by atoms with Crippen molar-refractivity contribution < 1.29 is 39.7 Å². The molecular formula is C10H12F3O6PS2. The van der Waals surface area contributed by atoms with Gasteiger partial charge in [0.05, 0.1) is 0 Å². The lowest BCUT2D eigenvalue weighted by atomic mass is 10.2. The normalized spacial score (nSPS) is 14.0. The molecule has 0 saturated heterocycles. The maximum absolute atomic E-state index is 12.5. The first kappa shape index (κ1) is 19.5. The lowest BCUT2D eigenvalue weighted by Gasteiger charge is -2.14. The van der Waals surface area contributed by atoms with Gasteiger partial charge in [-0.25, -0.2) is 0 Å². The third-order valence-electron chi connectivity index (χ3n) is 2.28. The van der Waals surface area contributed by atoms with E-state index in [1.165, 1.54) is 12.1 Å². The third-order valence-corrected chi connectivity index (χ3v) is 5.10. The highest BCUT2D eigenvalue weighted by Gasteiger charge is 2.34. The number of alkyl halides is 3. The molecule has 1 aromatic carbocycles. The van der Waals surface area contributed by atoms with Crippen LogP contribution in [0.15, 0.2) is 28.0 Å². The van der Waals surface area contributed by atoms with E-state index in [4.69, 9.17) is 0 Å². The van der Waals surface area contributed by atoms with Gasteiger partial charge in [0, 0.05) is 12.0 Å². The Morgan fingerprint density at radius 1 is 1.32 bits per heavy atom. The average Bonchev–Trinajstić information content (AvgIpc) is 2.42. The van der Waals surface area contributed by atoms with Gasteiger partial charge in [-0.3, -0.25) is 4.57 Å². The summed E-state index contributed by atoms with van der Waals surface area (Å²) in [6, 6.07) is 3.63. The SMILES string of the molecule is CCc1cccc(SC(F)(F)F)c1S(=O)(=O)OO[PH](=O)OC. The van der Waals surface area contributed by atoms with Crippen LogP contribution in [0.2, 0.25) is 0 Å². The molecule has 6 nitrogen and oxygen atoms in total. The highest BCUT2D eigenvalue weighted by Crippen LogP contribution is 2.42. The van der Waals surface area contributed by atoms with E-state index in [1.807, 2.05) is 0 Å². The second-order valence-electron chi connectivity index (χ2n) is 3.71. The van der Waals surface area contributed by atoms with E-state index in [2.05, 4.69) is 13.5 Å². The first-order valence-electron chi connectivity index (χ1n) is 5.67. The smallest absolute Gasteiger partial charge is 0.312 e. The van der Waals surface area contributed by atoms with Gasteiger partial charge in [0.25, 0.3) is 0 Å². The number of halogens is 3. The molecule has 0 heterocycles. The minimum Gasteiger partial charge on any atom is -0.312 e. The summed E-state index contributed by atoms with van der Waals surface area (Å²) in [5, 5.41) is 0. The Hall–Kier alpha value is -0.580. The van der Waals surface area contributed by atoms with Gasteiger partial charge in [-0.05, 0) is 29.8 Å². The van der Waals surface area contributed by atoms with Crippen LogP contribution in [-0.4, -0.2) is 21.0 Å². The number of aryl methyl sites for hydroxylation is 1. The van der Waals surface area contributed by atoms with Gasteiger partial charge in [0.2, 0.25) is 0 Å². The fraction of sp³-hybridized carbons (Fsp3) is 0.400. The van der Waals surface area contributed by atoms with E-state index in [0.29, 0.717) is 0 Å². The Labute approximate surface area is 129 Å². The lowest BCUT2D eigenvalue weighted by Crippen LogP contribution is -2.11. The monoisotopic (exact) mass is 380 g/mol. The van der Waals surface area contributed by atoms with Crippen molar-refractivity contribution in [3.8, 4) is 0 Å². The van der Waals surface area contributed by atoms with Crippen LogP contribution in [-0.2, 0) is 34.6 Å². The van der Waals surface area contributed by atoms with Crippen molar-refractivity contribution >= 4 is 30.1 Å². The van der Waals surface area contributed by atoms with E-state index in [-0.39, 0.29) is 12.0 Å². The number of benzene rings is 1. The number of hydrogen-bond donors (Lipinski definition) is 0.